The molecule has 1 saturated heterocycles. The zero-order valence-electron chi connectivity index (χ0n) is 9.88. The number of nitrogens with zero attached hydrogens (tertiary/aromatic N) is 1. The molecule has 0 aromatic carbocycles. The lowest BCUT2D eigenvalue weighted by atomic mass is 10.2. The molecule has 0 aromatic rings. The minimum atomic E-state index is 0.159. The van der Waals surface area contributed by atoms with Gasteiger partial charge >= 0.3 is 0 Å². The van der Waals surface area contributed by atoms with Crippen LogP contribution in [0.3, 0.4) is 0 Å². The monoisotopic (exact) mass is 213 g/mol. The quantitative estimate of drug-likeness (QED) is 0.701. The van der Waals surface area contributed by atoms with E-state index in [4.69, 9.17) is 0 Å². The Morgan fingerprint density at radius 1 is 1.47 bits per heavy atom. The van der Waals surface area contributed by atoms with Gasteiger partial charge in [0.25, 0.3) is 0 Å². The number of amides is 1. The molecule has 15 heavy (non-hydrogen) atoms. The molecule has 1 atom stereocenters. The highest BCUT2D eigenvalue weighted by atomic mass is 16.2. The summed E-state index contributed by atoms with van der Waals surface area (Å²) in [4.78, 5) is 13.8. The highest BCUT2D eigenvalue weighted by Gasteiger charge is 2.13. The third-order valence-electron chi connectivity index (χ3n) is 2.82. The molecule has 0 bridgehead atoms. The summed E-state index contributed by atoms with van der Waals surface area (Å²) in [5.41, 5.74) is 0. The molecule has 1 aliphatic rings. The Bertz CT molecular complexity index is 188. The van der Waals surface area contributed by atoms with Gasteiger partial charge in [-0.2, -0.15) is 0 Å². The maximum atomic E-state index is 11.6. The Hall–Kier alpha value is -0.610. The summed E-state index contributed by atoms with van der Waals surface area (Å²) < 4.78 is 0. The van der Waals surface area contributed by atoms with Crippen molar-refractivity contribution in [3.63, 3.8) is 0 Å². The number of carbonyl (C=O) groups is 1. The van der Waals surface area contributed by atoms with Crippen molar-refractivity contribution in [1.29, 1.82) is 0 Å². The molecule has 88 valence electrons. The van der Waals surface area contributed by atoms with Crippen molar-refractivity contribution in [3.05, 3.63) is 0 Å². The van der Waals surface area contributed by atoms with Crippen molar-refractivity contribution in [2.24, 2.45) is 0 Å². The Morgan fingerprint density at radius 3 is 3.00 bits per heavy atom. The molecule has 1 fully saturated rings. The molecular formula is C11H23N3O. The normalized spacial score (nSPS) is 20.7. The van der Waals surface area contributed by atoms with Crippen molar-refractivity contribution >= 4 is 5.91 Å². The topological polar surface area (TPSA) is 44.4 Å². The number of carbonyl (C=O) groups excluding carboxylic acids is 1. The van der Waals surface area contributed by atoms with Crippen LogP contribution in [0.4, 0.5) is 0 Å². The predicted molar refractivity (Wildman–Crippen MR) is 61.8 cm³/mol. The van der Waals surface area contributed by atoms with Crippen LogP contribution in [0.1, 0.15) is 26.7 Å². The molecule has 2 N–H and O–H groups in total. The zero-order valence-corrected chi connectivity index (χ0v) is 9.88. The standard InChI is InChI=1S/C11H23N3O/c1-3-10(2)13-11(15)9-14-7-4-5-12-6-8-14/h10,12H,3-9H2,1-2H3,(H,13,15). The van der Waals surface area contributed by atoms with Gasteiger partial charge in [0.05, 0.1) is 6.54 Å². The average Bonchev–Trinajstić information content (AvgIpc) is 2.46. The largest absolute Gasteiger partial charge is 0.353 e. The molecule has 1 unspecified atom stereocenters. The summed E-state index contributed by atoms with van der Waals surface area (Å²) in [5.74, 6) is 0.159. The minimum absolute atomic E-state index is 0.159. The van der Waals surface area contributed by atoms with Gasteiger partial charge in [0.2, 0.25) is 5.91 Å². The zero-order chi connectivity index (χ0) is 11.1. The van der Waals surface area contributed by atoms with Gasteiger partial charge in [-0.05, 0) is 32.9 Å². The highest BCUT2D eigenvalue weighted by Crippen LogP contribution is 1.95. The van der Waals surface area contributed by atoms with Crippen LogP contribution in [0, 0.1) is 0 Å². The van der Waals surface area contributed by atoms with E-state index in [1.165, 1.54) is 0 Å². The van der Waals surface area contributed by atoms with Crippen molar-refractivity contribution in [2.75, 3.05) is 32.7 Å². The maximum Gasteiger partial charge on any atom is 0.234 e. The molecule has 0 radical (unpaired) electrons. The van der Waals surface area contributed by atoms with Gasteiger partial charge in [0.1, 0.15) is 0 Å². The first-order valence-corrected chi connectivity index (χ1v) is 5.94. The molecular weight excluding hydrogens is 190 g/mol. The number of rotatable bonds is 4. The lowest BCUT2D eigenvalue weighted by molar-refractivity contribution is -0.122. The maximum absolute atomic E-state index is 11.6. The average molecular weight is 213 g/mol. The van der Waals surface area contributed by atoms with Gasteiger partial charge in [0, 0.05) is 19.1 Å². The van der Waals surface area contributed by atoms with Crippen LogP contribution in [0.15, 0.2) is 0 Å². The fourth-order valence-electron chi connectivity index (χ4n) is 1.69. The van der Waals surface area contributed by atoms with Crippen LogP contribution in [0.25, 0.3) is 0 Å². The molecule has 1 rings (SSSR count). The minimum Gasteiger partial charge on any atom is -0.353 e. The second-order valence-electron chi connectivity index (χ2n) is 4.26. The van der Waals surface area contributed by atoms with Crippen molar-refractivity contribution in [2.45, 2.75) is 32.7 Å². The van der Waals surface area contributed by atoms with E-state index in [1.54, 1.807) is 0 Å². The molecule has 1 heterocycles. The molecule has 0 aliphatic carbocycles. The number of nitrogens with one attached hydrogen (secondary N) is 2. The molecule has 4 nitrogen and oxygen atoms in total. The van der Waals surface area contributed by atoms with Gasteiger partial charge in [-0.1, -0.05) is 6.92 Å². The summed E-state index contributed by atoms with van der Waals surface area (Å²) in [6.07, 6.45) is 2.13. The second-order valence-corrected chi connectivity index (χ2v) is 4.26. The van der Waals surface area contributed by atoms with Crippen LogP contribution in [0.5, 0.6) is 0 Å². The fraction of sp³-hybridized carbons (Fsp3) is 0.909. The van der Waals surface area contributed by atoms with E-state index in [-0.39, 0.29) is 5.91 Å². The molecule has 1 aliphatic heterocycles. The van der Waals surface area contributed by atoms with Crippen molar-refractivity contribution in [1.82, 2.24) is 15.5 Å². The predicted octanol–water partition coefficient (Wildman–Crippen LogP) is 0.196. The van der Waals surface area contributed by atoms with E-state index in [9.17, 15) is 4.79 Å². The van der Waals surface area contributed by atoms with Crippen LogP contribution in [-0.2, 0) is 4.79 Å². The second kappa shape index (κ2) is 6.80. The Morgan fingerprint density at radius 2 is 2.27 bits per heavy atom. The van der Waals surface area contributed by atoms with Gasteiger partial charge in [-0.3, -0.25) is 9.69 Å². The molecule has 4 heteroatoms. The summed E-state index contributed by atoms with van der Waals surface area (Å²) >= 11 is 0. The molecule has 0 aromatic heterocycles. The molecule has 1 amide bonds. The number of hydrogen-bond donors (Lipinski definition) is 2. The Kier molecular flexibility index (Phi) is 5.65. The van der Waals surface area contributed by atoms with Crippen LogP contribution < -0.4 is 10.6 Å². The van der Waals surface area contributed by atoms with Crippen LogP contribution >= 0.6 is 0 Å². The third-order valence-corrected chi connectivity index (χ3v) is 2.82. The highest BCUT2D eigenvalue weighted by molar-refractivity contribution is 5.78. The number of hydrogen-bond acceptors (Lipinski definition) is 3. The lowest BCUT2D eigenvalue weighted by Crippen LogP contribution is -2.41. The Labute approximate surface area is 92.4 Å². The van der Waals surface area contributed by atoms with Gasteiger partial charge in [-0.15, -0.1) is 0 Å². The van der Waals surface area contributed by atoms with E-state index >= 15 is 0 Å². The first-order valence-electron chi connectivity index (χ1n) is 5.94. The van der Waals surface area contributed by atoms with E-state index in [0.717, 1.165) is 39.0 Å². The van der Waals surface area contributed by atoms with Gasteiger partial charge in [-0.25, -0.2) is 0 Å². The van der Waals surface area contributed by atoms with Gasteiger partial charge in [0.15, 0.2) is 0 Å². The smallest absolute Gasteiger partial charge is 0.234 e. The van der Waals surface area contributed by atoms with E-state index < -0.39 is 0 Å². The van der Waals surface area contributed by atoms with Crippen LogP contribution in [-0.4, -0.2) is 49.6 Å². The Balaban J connectivity index is 2.23. The summed E-state index contributed by atoms with van der Waals surface area (Å²) in [6, 6.07) is 0.294. The first-order chi connectivity index (χ1) is 7.22. The fourth-order valence-corrected chi connectivity index (χ4v) is 1.69. The van der Waals surface area contributed by atoms with E-state index in [0.29, 0.717) is 12.6 Å². The van der Waals surface area contributed by atoms with E-state index in [2.05, 4.69) is 22.5 Å². The SMILES string of the molecule is CCC(C)NC(=O)CN1CCCNCC1. The molecule has 0 spiro atoms. The summed E-state index contributed by atoms with van der Waals surface area (Å²) in [5, 5.41) is 6.33. The van der Waals surface area contributed by atoms with Gasteiger partial charge < -0.3 is 10.6 Å². The third kappa shape index (κ3) is 5.14. The van der Waals surface area contributed by atoms with Crippen LogP contribution in [0.2, 0.25) is 0 Å². The molecule has 0 saturated carbocycles. The summed E-state index contributed by atoms with van der Waals surface area (Å²) in [7, 11) is 0. The summed E-state index contributed by atoms with van der Waals surface area (Å²) in [6.45, 7) is 8.75. The lowest BCUT2D eigenvalue weighted by Gasteiger charge is -2.20. The first kappa shape index (κ1) is 12.5. The van der Waals surface area contributed by atoms with Crippen molar-refractivity contribution in [3.8, 4) is 0 Å². The van der Waals surface area contributed by atoms with E-state index in [1.807, 2.05) is 6.92 Å². The van der Waals surface area contributed by atoms with Crippen molar-refractivity contribution < 1.29 is 4.79 Å².